The summed E-state index contributed by atoms with van der Waals surface area (Å²) in [5.41, 5.74) is 1.23. The zero-order valence-electron chi connectivity index (χ0n) is 14.7. The number of hydrogen-bond donors (Lipinski definition) is 1. The lowest BCUT2D eigenvalue weighted by Gasteiger charge is -2.31. The number of cyclic esters (lactones) is 1. The van der Waals surface area contributed by atoms with Crippen molar-refractivity contribution >= 4 is 12.0 Å². The zero-order valence-corrected chi connectivity index (χ0v) is 14.7. The minimum Gasteiger partial charge on any atom is -0.448 e. The van der Waals surface area contributed by atoms with Crippen LogP contribution in [-0.2, 0) is 9.53 Å². The molecule has 1 aromatic rings. The molecular formula is C19H27N3O3. The first-order valence-corrected chi connectivity index (χ1v) is 9.21. The molecule has 6 heteroatoms. The smallest absolute Gasteiger partial charge is 0.410 e. The Kier molecular flexibility index (Phi) is 6.28. The Bertz CT molecular complexity index is 571. The summed E-state index contributed by atoms with van der Waals surface area (Å²) in [4.78, 5) is 27.6. The van der Waals surface area contributed by atoms with Gasteiger partial charge in [0.05, 0.1) is 12.6 Å². The summed E-state index contributed by atoms with van der Waals surface area (Å²) in [7, 11) is 0. The van der Waals surface area contributed by atoms with Crippen molar-refractivity contribution in [3.05, 3.63) is 35.9 Å². The lowest BCUT2D eigenvalue weighted by atomic mass is 10.0. The summed E-state index contributed by atoms with van der Waals surface area (Å²) in [6.07, 6.45) is 4.57. The monoisotopic (exact) mass is 345 g/mol. The van der Waals surface area contributed by atoms with Crippen molar-refractivity contribution in [2.75, 3.05) is 39.3 Å². The van der Waals surface area contributed by atoms with E-state index in [0.29, 0.717) is 19.7 Å². The average Bonchev–Trinajstić information content (AvgIpc) is 2.87. The second-order valence-corrected chi connectivity index (χ2v) is 6.72. The molecule has 0 unspecified atom stereocenters. The van der Waals surface area contributed by atoms with Gasteiger partial charge in [0.25, 0.3) is 0 Å². The van der Waals surface area contributed by atoms with E-state index >= 15 is 0 Å². The minimum absolute atomic E-state index is 0.0698. The maximum atomic E-state index is 12.3. The van der Waals surface area contributed by atoms with E-state index in [1.165, 1.54) is 36.1 Å². The molecule has 136 valence electrons. The molecule has 2 saturated heterocycles. The first-order chi connectivity index (χ1) is 12.2. The molecule has 0 aromatic heterocycles. The summed E-state index contributed by atoms with van der Waals surface area (Å²) < 4.78 is 4.87. The highest BCUT2D eigenvalue weighted by molar-refractivity contribution is 5.82. The Morgan fingerprint density at radius 3 is 2.44 bits per heavy atom. The fourth-order valence-electron chi connectivity index (χ4n) is 3.55. The van der Waals surface area contributed by atoms with E-state index in [-0.39, 0.29) is 18.5 Å². The molecule has 6 nitrogen and oxygen atoms in total. The van der Waals surface area contributed by atoms with E-state index in [9.17, 15) is 9.59 Å². The van der Waals surface area contributed by atoms with E-state index in [1.807, 2.05) is 18.2 Å². The third-order valence-corrected chi connectivity index (χ3v) is 4.94. The first-order valence-electron chi connectivity index (χ1n) is 9.21. The molecule has 2 aliphatic rings. The largest absolute Gasteiger partial charge is 0.448 e. The highest BCUT2D eigenvalue weighted by Crippen LogP contribution is 2.23. The SMILES string of the molecule is O=C(CN1CCOC1=O)NC[C@H](c1ccccc1)N1CCCCCC1. The summed E-state index contributed by atoms with van der Waals surface area (Å²) in [5.74, 6) is -0.130. The molecule has 0 aliphatic carbocycles. The minimum atomic E-state index is -0.401. The number of carbonyl (C=O) groups excluding carboxylic acids is 2. The molecule has 2 amide bonds. The molecule has 25 heavy (non-hydrogen) atoms. The number of benzene rings is 1. The third-order valence-electron chi connectivity index (χ3n) is 4.94. The number of hydrogen-bond acceptors (Lipinski definition) is 4. The van der Waals surface area contributed by atoms with Crippen LogP contribution in [0.4, 0.5) is 4.79 Å². The van der Waals surface area contributed by atoms with Gasteiger partial charge >= 0.3 is 6.09 Å². The summed E-state index contributed by atoms with van der Waals surface area (Å²) in [5, 5.41) is 3.02. The molecule has 3 rings (SSSR count). The van der Waals surface area contributed by atoms with Crippen LogP contribution < -0.4 is 5.32 Å². The van der Waals surface area contributed by atoms with Crippen molar-refractivity contribution in [3.8, 4) is 0 Å². The summed E-state index contributed by atoms with van der Waals surface area (Å²) in [6, 6.07) is 10.5. The Balaban J connectivity index is 1.61. The Morgan fingerprint density at radius 1 is 1.08 bits per heavy atom. The van der Waals surface area contributed by atoms with Crippen LogP contribution in [-0.4, -0.2) is 61.1 Å². The van der Waals surface area contributed by atoms with Crippen molar-refractivity contribution in [2.45, 2.75) is 31.7 Å². The molecule has 1 atom stereocenters. The molecule has 2 aliphatic heterocycles. The Hall–Kier alpha value is -2.08. The lowest BCUT2D eigenvalue weighted by Crippen LogP contribution is -2.42. The second-order valence-electron chi connectivity index (χ2n) is 6.72. The zero-order chi connectivity index (χ0) is 17.5. The fraction of sp³-hybridized carbons (Fsp3) is 0.579. The van der Waals surface area contributed by atoms with Crippen molar-refractivity contribution in [1.29, 1.82) is 0 Å². The second kappa shape index (κ2) is 8.85. The molecule has 1 N–H and O–H groups in total. The van der Waals surface area contributed by atoms with Crippen LogP contribution in [0.25, 0.3) is 0 Å². The number of likely N-dealkylation sites (tertiary alicyclic amines) is 1. The molecule has 0 bridgehead atoms. The molecule has 0 saturated carbocycles. The van der Waals surface area contributed by atoms with Crippen LogP contribution in [0.2, 0.25) is 0 Å². The number of rotatable bonds is 6. The summed E-state index contributed by atoms with van der Waals surface area (Å²) in [6.45, 7) is 3.61. The predicted molar refractivity (Wildman–Crippen MR) is 95.2 cm³/mol. The number of carbonyl (C=O) groups is 2. The van der Waals surface area contributed by atoms with Gasteiger partial charge in [0.1, 0.15) is 13.2 Å². The van der Waals surface area contributed by atoms with Gasteiger partial charge in [-0.05, 0) is 31.5 Å². The topological polar surface area (TPSA) is 61.9 Å². The number of amides is 2. The third kappa shape index (κ3) is 4.95. The molecule has 1 aromatic carbocycles. The van der Waals surface area contributed by atoms with E-state index in [0.717, 1.165) is 13.1 Å². The summed E-state index contributed by atoms with van der Waals surface area (Å²) >= 11 is 0. The highest BCUT2D eigenvalue weighted by Gasteiger charge is 2.26. The van der Waals surface area contributed by atoms with E-state index < -0.39 is 6.09 Å². The standard InChI is InChI=1S/C19H27N3O3/c23-18(15-22-12-13-25-19(22)24)20-14-17(16-8-4-3-5-9-16)21-10-6-1-2-7-11-21/h3-5,8-9,17H,1-2,6-7,10-15H2,(H,20,23)/t17-/m1/s1. The predicted octanol–water partition coefficient (Wildman–Crippen LogP) is 2.17. The van der Waals surface area contributed by atoms with Crippen LogP contribution in [0.15, 0.2) is 30.3 Å². The van der Waals surface area contributed by atoms with Gasteiger partial charge in [-0.15, -0.1) is 0 Å². The maximum absolute atomic E-state index is 12.3. The van der Waals surface area contributed by atoms with Crippen LogP contribution in [0.1, 0.15) is 37.3 Å². The average molecular weight is 345 g/mol. The fourth-order valence-corrected chi connectivity index (χ4v) is 3.55. The van der Waals surface area contributed by atoms with Gasteiger partial charge in [-0.2, -0.15) is 0 Å². The van der Waals surface area contributed by atoms with Gasteiger partial charge in [-0.3, -0.25) is 14.6 Å². The molecule has 0 radical (unpaired) electrons. The van der Waals surface area contributed by atoms with Crippen LogP contribution in [0.3, 0.4) is 0 Å². The lowest BCUT2D eigenvalue weighted by molar-refractivity contribution is -0.121. The van der Waals surface area contributed by atoms with Gasteiger partial charge in [-0.25, -0.2) is 4.79 Å². The molecule has 2 fully saturated rings. The highest BCUT2D eigenvalue weighted by atomic mass is 16.6. The number of nitrogens with one attached hydrogen (secondary N) is 1. The van der Waals surface area contributed by atoms with Gasteiger partial charge in [-0.1, -0.05) is 43.2 Å². The van der Waals surface area contributed by atoms with Crippen molar-refractivity contribution in [2.24, 2.45) is 0 Å². The Morgan fingerprint density at radius 2 is 1.80 bits per heavy atom. The molecular weight excluding hydrogens is 318 g/mol. The van der Waals surface area contributed by atoms with Gasteiger partial charge in [0, 0.05) is 6.54 Å². The van der Waals surface area contributed by atoms with Gasteiger partial charge in [0.15, 0.2) is 0 Å². The van der Waals surface area contributed by atoms with E-state index in [1.54, 1.807) is 0 Å². The maximum Gasteiger partial charge on any atom is 0.410 e. The van der Waals surface area contributed by atoms with Gasteiger partial charge < -0.3 is 10.1 Å². The van der Waals surface area contributed by atoms with E-state index in [2.05, 4.69) is 22.3 Å². The van der Waals surface area contributed by atoms with Crippen molar-refractivity contribution in [1.82, 2.24) is 15.1 Å². The van der Waals surface area contributed by atoms with E-state index in [4.69, 9.17) is 4.74 Å². The van der Waals surface area contributed by atoms with Crippen LogP contribution in [0.5, 0.6) is 0 Å². The normalized spacial score (nSPS) is 20.0. The van der Waals surface area contributed by atoms with Crippen molar-refractivity contribution in [3.63, 3.8) is 0 Å². The van der Waals surface area contributed by atoms with Crippen LogP contribution >= 0.6 is 0 Å². The number of nitrogens with zero attached hydrogens (tertiary/aromatic N) is 2. The van der Waals surface area contributed by atoms with Crippen LogP contribution in [0, 0.1) is 0 Å². The molecule has 0 spiro atoms. The Labute approximate surface area is 149 Å². The first kappa shape index (κ1) is 17.7. The number of ether oxygens (including phenoxy) is 1. The van der Waals surface area contributed by atoms with Crippen molar-refractivity contribution < 1.29 is 14.3 Å². The quantitative estimate of drug-likeness (QED) is 0.858. The van der Waals surface area contributed by atoms with Gasteiger partial charge in [0.2, 0.25) is 5.91 Å². The molecule has 2 heterocycles.